The monoisotopic (exact) mass is 306 g/mol. The maximum Gasteiger partial charge on any atom is 0.128 e. The summed E-state index contributed by atoms with van der Waals surface area (Å²) in [5.41, 5.74) is 1.29. The predicted octanol–water partition coefficient (Wildman–Crippen LogP) is 0.340. The highest BCUT2D eigenvalue weighted by Crippen LogP contribution is 2.14. The van der Waals surface area contributed by atoms with E-state index >= 15 is 0 Å². The number of aromatic nitrogens is 1. The lowest BCUT2D eigenvalue weighted by atomic mass is 10.2. The van der Waals surface area contributed by atoms with Crippen LogP contribution < -0.4 is 10.2 Å². The molecule has 1 N–H and O–H groups in total. The molecule has 22 heavy (non-hydrogen) atoms. The molecule has 0 aliphatic carbocycles. The lowest BCUT2D eigenvalue weighted by Crippen LogP contribution is -2.40. The average Bonchev–Trinajstić information content (AvgIpc) is 2.61. The molecule has 6 nitrogen and oxygen atoms in total. The lowest BCUT2D eigenvalue weighted by molar-refractivity contribution is 0.0384. The minimum Gasteiger partial charge on any atom is -0.379 e. The van der Waals surface area contributed by atoms with E-state index in [1.165, 1.54) is 5.56 Å². The van der Waals surface area contributed by atoms with Crippen LogP contribution in [0.25, 0.3) is 0 Å². The van der Waals surface area contributed by atoms with E-state index in [1.807, 2.05) is 6.20 Å². The SMILES string of the molecule is c1cc(CNCCN2CCOCC2)cc(N2CCOCC2)n1. The fourth-order valence-electron chi connectivity index (χ4n) is 2.83. The molecule has 0 unspecified atom stereocenters. The molecule has 0 aromatic carbocycles. The van der Waals surface area contributed by atoms with Crippen molar-refractivity contribution < 1.29 is 9.47 Å². The molecule has 1 aromatic heterocycles. The highest BCUT2D eigenvalue weighted by Gasteiger charge is 2.12. The van der Waals surface area contributed by atoms with E-state index in [2.05, 4.69) is 32.2 Å². The van der Waals surface area contributed by atoms with Crippen LogP contribution in [0.2, 0.25) is 0 Å². The van der Waals surface area contributed by atoms with Crippen LogP contribution in [-0.2, 0) is 16.0 Å². The van der Waals surface area contributed by atoms with Gasteiger partial charge >= 0.3 is 0 Å². The van der Waals surface area contributed by atoms with Crippen LogP contribution in [0.3, 0.4) is 0 Å². The molecule has 1 aromatic rings. The molecule has 0 saturated carbocycles. The van der Waals surface area contributed by atoms with Gasteiger partial charge in [0.2, 0.25) is 0 Å². The van der Waals surface area contributed by atoms with Gasteiger partial charge in [0.1, 0.15) is 5.82 Å². The zero-order valence-corrected chi connectivity index (χ0v) is 13.2. The third kappa shape index (κ3) is 4.64. The van der Waals surface area contributed by atoms with Crippen molar-refractivity contribution in [1.29, 1.82) is 0 Å². The van der Waals surface area contributed by atoms with Crippen LogP contribution in [0.5, 0.6) is 0 Å². The summed E-state index contributed by atoms with van der Waals surface area (Å²) in [6.45, 7) is 10.3. The Balaban J connectivity index is 1.42. The average molecular weight is 306 g/mol. The van der Waals surface area contributed by atoms with Gasteiger partial charge in [0, 0.05) is 52.0 Å². The van der Waals surface area contributed by atoms with Gasteiger partial charge in [-0.1, -0.05) is 0 Å². The molecule has 2 aliphatic heterocycles. The van der Waals surface area contributed by atoms with Gasteiger partial charge < -0.3 is 19.7 Å². The second kappa shape index (κ2) is 8.43. The van der Waals surface area contributed by atoms with Crippen LogP contribution in [0, 0.1) is 0 Å². The highest BCUT2D eigenvalue weighted by atomic mass is 16.5. The quantitative estimate of drug-likeness (QED) is 0.765. The Morgan fingerprint density at radius 2 is 1.77 bits per heavy atom. The maximum atomic E-state index is 5.39. The lowest BCUT2D eigenvalue weighted by Gasteiger charge is -2.28. The van der Waals surface area contributed by atoms with Gasteiger partial charge in [-0.25, -0.2) is 4.98 Å². The molecule has 2 aliphatic rings. The number of hydrogen-bond donors (Lipinski definition) is 1. The Hall–Kier alpha value is -1.21. The summed E-state index contributed by atoms with van der Waals surface area (Å²) in [5, 5.41) is 3.53. The number of nitrogens with one attached hydrogen (secondary N) is 1. The Kier molecular flexibility index (Phi) is 6.01. The normalized spacial score (nSPS) is 20.3. The van der Waals surface area contributed by atoms with E-state index in [0.29, 0.717) is 0 Å². The van der Waals surface area contributed by atoms with Crippen LogP contribution in [0.1, 0.15) is 5.56 Å². The van der Waals surface area contributed by atoms with Crippen LogP contribution in [0.4, 0.5) is 5.82 Å². The molecule has 2 saturated heterocycles. The fourth-order valence-corrected chi connectivity index (χ4v) is 2.83. The van der Waals surface area contributed by atoms with E-state index < -0.39 is 0 Å². The first-order valence-corrected chi connectivity index (χ1v) is 8.20. The van der Waals surface area contributed by atoms with Crippen LogP contribution >= 0.6 is 0 Å². The third-order valence-corrected chi connectivity index (χ3v) is 4.18. The Labute approximate surface area is 132 Å². The summed E-state index contributed by atoms with van der Waals surface area (Å²) < 4.78 is 10.8. The molecule has 122 valence electrons. The van der Waals surface area contributed by atoms with Gasteiger partial charge in [0.05, 0.1) is 26.4 Å². The van der Waals surface area contributed by atoms with Crippen molar-refractivity contribution in [2.24, 2.45) is 0 Å². The highest BCUT2D eigenvalue weighted by molar-refractivity contribution is 5.41. The van der Waals surface area contributed by atoms with Gasteiger partial charge in [-0.15, -0.1) is 0 Å². The maximum absolute atomic E-state index is 5.39. The molecule has 2 fully saturated rings. The number of rotatable bonds is 6. The number of anilines is 1. The van der Waals surface area contributed by atoms with E-state index in [1.54, 1.807) is 0 Å². The van der Waals surface area contributed by atoms with Crippen LogP contribution in [-0.4, -0.2) is 75.6 Å². The Morgan fingerprint density at radius 1 is 1.05 bits per heavy atom. The van der Waals surface area contributed by atoms with Gasteiger partial charge in [-0.05, 0) is 17.7 Å². The molecule has 0 radical (unpaired) electrons. The molecular formula is C16H26N4O2. The summed E-state index contributed by atoms with van der Waals surface area (Å²) >= 11 is 0. The van der Waals surface area contributed by atoms with Crippen molar-refractivity contribution in [1.82, 2.24) is 15.2 Å². The number of ether oxygens (including phenoxy) is 2. The van der Waals surface area contributed by atoms with Gasteiger partial charge in [-0.2, -0.15) is 0 Å². The minimum absolute atomic E-state index is 0.795. The molecule has 0 amide bonds. The molecule has 3 heterocycles. The van der Waals surface area contributed by atoms with E-state index in [0.717, 1.165) is 78.1 Å². The molecule has 6 heteroatoms. The second-order valence-electron chi connectivity index (χ2n) is 5.75. The first-order chi connectivity index (χ1) is 10.9. The topological polar surface area (TPSA) is 49.9 Å². The van der Waals surface area contributed by atoms with Crippen molar-refractivity contribution in [3.8, 4) is 0 Å². The number of hydrogen-bond acceptors (Lipinski definition) is 6. The van der Waals surface area contributed by atoms with E-state index in [4.69, 9.17) is 9.47 Å². The predicted molar refractivity (Wildman–Crippen MR) is 86.2 cm³/mol. The summed E-state index contributed by atoms with van der Waals surface area (Å²) in [5.74, 6) is 1.07. The van der Waals surface area contributed by atoms with Crippen LogP contribution in [0.15, 0.2) is 18.3 Å². The van der Waals surface area contributed by atoms with E-state index in [-0.39, 0.29) is 0 Å². The molecule has 3 rings (SSSR count). The summed E-state index contributed by atoms with van der Waals surface area (Å²) in [6.07, 6.45) is 1.91. The molecular weight excluding hydrogens is 280 g/mol. The van der Waals surface area contributed by atoms with Gasteiger partial charge in [0.25, 0.3) is 0 Å². The smallest absolute Gasteiger partial charge is 0.128 e. The zero-order valence-electron chi connectivity index (χ0n) is 13.2. The minimum atomic E-state index is 0.795. The number of nitrogens with zero attached hydrogens (tertiary/aromatic N) is 3. The molecule has 0 spiro atoms. The summed E-state index contributed by atoms with van der Waals surface area (Å²) in [7, 11) is 0. The van der Waals surface area contributed by atoms with Crippen molar-refractivity contribution >= 4 is 5.82 Å². The van der Waals surface area contributed by atoms with Crippen molar-refractivity contribution in [2.45, 2.75) is 6.54 Å². The van der Waals surface area contributed by atoms with Gasteiger partial charge in [-0.3, -0.25) is 4.90 Å². The zero-order chi connectivity index (χ0) is 15.0. The summed E-state index contributed by atoms with van der Waals surface area (Å²) in [6, 6.07) is 4.28. The number of pyridine rings is 1. The summed E-state index contributed by atoms with van der Waals surface area (Å²) in [4.78, 5) is 9.22. The third-order valence-electron chi connectivity index (χ3n) is 4.18. The van der Waals surface area contributed by atoms with Crippen molar-refractivity contribution in [3.05, 3.63) is 23.9 Å². The molecule has 0 bridgehead atoms. The van der Waals surface area contributed by atoms with Gasteiger partial charge in [0.15, 0.2) is 0 Å². The Bertz CT molecular complexity index is 446. The number of morpholine rings is 2. The second-order valence-corrected chi connectivity index (χ2v) is 5.75. The fraction of sp³-hybridized carbons (Fsp3) is 0.688. The van der Waals surface area contributed by atoms with Crippen molar-refractivity contribution in [2.75, 3.05) is 70.6 Å². The van der Waals surface area contributed by atoms with Crippen molar-refractivity contribution in [3.63, 3.8) is 0 Å². The first-order valence-electron chi connectivity index (χ1n) is 8.20. The first kappa shape index (κ1) is 15.7. The largest absolute Gasteiger partial charge is 0.379 e. The standard InChI is InChI=1S/C16H26N4O2/c1-2-18-16(20-7-11-22-12-8-20)13-15(1)14-17-3-4-19-5-9-21-10-6-19/h1-2,13,17H,3-12,14H2. The Morgan fingerprint density at radius 3 is 2.55 bits per heavy atom. The van der Waals surface area contributed by atoms with E-state index in [9.17, 15) is 0 Å². The molecule has 0 atom stereocenters.